The molecule has 3 rings (SSSR count). The molecule has 1 aliphatic rings. The molecule has 136 valence electrons. The third-order valence-electron chi connectivity index (χ3n) is 4.33. The minimum absolute atomic E-state index is 0.0538. The average molecular weight is 364 g/mol. The molecule has 1 saturated heterocycles. The summed E-state index contributed by atoms with van der Waals surface area (Å²) in [7, 11) is 0. The Morgan fingerprint density at radius 1 is 1.15 bits per heavy atom. The van der Waals surface area contributed by atoms with Crippen LogP contribution in [0.5, 0.6) is 0 Å². The summed E-state index contributed by atoms with van der Waals surface area (Å²) in [5.41, 5.74) is 0.726. The Morgan fingerprint density at radius 3 is 2.33 bits per heavy atom. The van der Waals surface area contributed by atoms with Crippen molar-refractivity contribution in [1.29, 1.82) is 0 Å². The van der Waals surface area contributed by atoms with E-state index in [4.69, 9.17) is 0 Å². The van der Waals surface area contributed by atoms with Crippen LogP contribution in [0.25, 0.3) is 5.76 Å². The number of nitrogens with zero attached hydrogens (tertiary/aromatic N) is 2. The molecule has 2 aromatic carbocycles. The Balaban J connectivity index is 2.17. The molecule has 0 spiro atoms. The molecule has 1 fully saturated rings. The van der Waals surface area contributed by atoms with E-state index in [0.29, 0.717) is 11.1 Å². The summed E-state index contributed by atoms with van der Waals surface area (Å²) in [4.78, 5) is 36.7. The lowest BCUT2D eigenvalue weighted by Crippen LogP contribution is -2.29. The summed E-state index contributed by atoms with van der Waals surface area (Å²) in [5, 5.41) is 21.6. The van der Waals surface area contributed by atoms with Crippen LogP contribution >= 0.6 is 0 Å². The smallest absolute Gasteiger partial charge is 0.295 e. The minimum Gasteiger partial charge on any atom is -0.507 e. The van der Waals surface area contributed by atoms with Gasteiger partial charge in [0.05, 0.1) is 16.5 Å². The van der Waals surface area contributed by atoms with Crippen LogP contribution in [-0.4, -0.2) is 33.2 Å². The van der Waals surface area contributed by atoms with Gasteiger partial charge in [-0.2, -0.15) is 0 Å². The molecule has 0 radical (unpaired) electrons. The van der Waals surface area contributed by atoms with Gasteiger partial charge in [0.15, 0.2) is 0 Å². The number of hydrogen-bond acceptors (Lipinski definition) is 5. The van der Waals surface area contributed by atoms with Crippen molar-refractivity contribution in [2.75, 3.05) is 6.54 Å². The van der Waals surface area contributed by atoms with Gasteiger partial charge >= 0.3 is 0 Å². The van der Waals surface area contributed by atoms with Crippen molar-refractivity contribution in [2.45, 2.75) is 6.04 Å². The molecule has 27 heavy (non-hydrogen) atoms. The predicted octanol–water partition coefficient (Wildman–Crippen LogP) is 3.20. The van der Waals surface area contributed by atoms with Crippen molar-refractivity contribution in [3.8, 4) is 0 Å². The molecular formula is C20H16N2O5. The van der Waals surface area contributed by atoms with E-state index >= 15 is 0 Å². The highest BCUT2D eigenvalue weighted by atomic mass is 16.6. The van der Waals surface area contributed by atoms with E-state index in [1.54, 1.807) is 30.3 Å². The molecule has 1 unspecified atom stereocenters. The molecule has 0 bridgehead atoms. The zero-order valence-corrected chi connectivity index (χ0v) is 14.2. The van der Waals surface area contributed by atoms with Gasteiger partial charge in [0.2, 0.25) is 0 Å². The zero-order valence-electron chi connectivity index (χ0n) is 14.2. The lowest BCUT2D eigenvalue weighted by atomic mass is 9.95. The van der Waals surface area contributed by atoms with Crippen LogP contribution < -0.4 is 0 Å². The minimum atomic E-state index is -0.857. The Hall–Kier alpha value is -3.74. The van der Waals surface area contributed by atoms with Crippen LogP contribution in [0.2, 0.25) is 0 Å². The van der Waals surface area contributed by atoms with Crippen molar-refractivity contribution < 1.29 is 19.6 Å². The molecule has 1 heterocycles. The van der Waals surface area contributed by atoms with Gasteiger partial charge in [-0.1, -0.05) is 36.4 Å². The highest BCUT2D eigenvalue weighted by Crippen LogP contribution is 2.39. The first kappa shape index (κ1) is 18.1. The number of non-ortho nitro benzene ring substituents is 1. The van der Waals surface area contributed by atoms with Crippen molar-refractivity contribution in [3.05, 3.63) is 94.1 Å². The Bertz CT molecular complexity index is 948. The molecule has 2 aromatic rings. The van der Waals surface area contributed by atoms with Gasteiger partial charge in [-0.25, -0.2) is 0 Å². The van der Waals surface area contributed by atoms with E-state index in [0.717, 1.165) is 0 Å². The molecule has 7 nitrogen and oxygen atoms in total. The van der Waals surface area contributed by atoms with E-state index in [2.05, 4.69) is 6.58 Å². The fraction of sp³-hybridized carbons (Fsp3) is 0.100. The molecule has 0 aliphatic carbocycles. The van der Waals surface area contributed by atoms with E-state index in [9.17, 15) is 24.8 Å². The van der Waals surface area contributed by atoms with Crippen LogP contribution in [0.15, 0.2) is 72.8 Å². The first-order chi connectivity index (χ1) is 13.0. The number of aliphatic hydroxyl groups is 1. The maximum Gasteiger partial charge on any atom is 0.295 e. The van der Waals surface area contributed by atoms with Gasteiger partial charge in [-0.3, -0.25) is 19.7 Å². The van der Waals surface area contributed by atoms with Gasteiger partial charge in [-0.15, -0.1) is 6.58 Å². The van der Waals surface area contributed by atoms with Crippen LogP contribution in [0.3, 0.4) is 0 Å². The number of likely N-dealkylation sites (tertiary alicyclic amines) is 1. The quantitative estimate of drug-likeness (QED) is 0.219. The molecule has 1 atom stereocenters. The highest BCUT2D eigenvalue weighted by Gasteiger charge is 2.45. The van der Waals surface area contributed by atoms with Crippen LogP contribution in [0.4, 0.5) is 5.69 Å². The SMILES string of the molecule is C=CCN1C(=O)C(=O)C(=C(O)c2ccccc2)C1c1ccc([N+](=O)[O-])cc1. The number of Topliss-reactive ketones (excluding diaryl/α,β-unsaturated/α-hetero) is 1. The molecule has 1 aliphatic heterocycles. The monoisotopic (exact) mass is 364 g/mol. The van der Waals surface area contributed by atoms with Crippen LogP contribution in [0, 0.1) is 10.1 Å². The van der Waals surface area contributed by atoms with Crippen LogP contribution in [0.1, 0.15) is 17.2 Å². The fourth-order valence-electron chi connectivity index (χ4n) is 3.08. The largest absolute Gasteiger partial charge is 0.507 e. The average Bonchev–Trinajstić information content (AvgIpc) is 2.93. The number of nitro benzene ring substituents is 1. The summed E-state index contributed by atoms with van der Waals surface area (Å²) in [6.07, 6.45) is 1.48. The van der Waals surface area contributed by atoms with Crippen LogP contribution in [-0.2, 0) is 9.59 Å². The normalized spacial score (nSPS) is 18.5. The van der Waals surface area contributed by atoms with Gasteiger partial charge in [-0.05, 0) is 17.7 Å². The molecule has 7 heteroatoms. The van der Waals surface area contributed by atoms with E-state index < -0.39 is 22.7 Å². The molecule has 1 amide bonds. The maximum atomic E-state index is 12.6. The second-order valence-electron chi connectivity index (χ2n) is 5.95. The van der Waals surface area contributed by atoms with Crippen molar-refractivity contribution in [2.24, 2.45) is 0 Å². The first-order valence-corrected chi connectivity index (χ1v) is 8.14. The number of amides is 1. The third-order valence-corrected chi connectivity index (χ3v) is 4.33. The molecular weight excluding hydrogens is 348 g/mol. The number of carbonyl (C=O) groups is 2. The summed E-state index contributed by atoms with van der Waals surface area (Å²) in [6.45, 7) is 3.70. The number of aliphatic hydroxyl groups excluding tert-OH is 1. The summed E-state index contributed by atoms with van der Waals surface area (Å²) in [6, 6.07) is 13.1. The number of benzene rings is 2. The maximum absolute atomic E-state index is 12.6. The predicted molar refractivity (Wildman–Crippen MR) is 98.7 cm³/mol. The third kappa shape index (κ3) is 3.22. The standard InChI is InChI=1S/C20H16N2O5/c1-2-12-21-17(13-8-10-15(11-9-13)22(26)27)16(19(24)20(21)25)18(23)14-6-4-3-5-7-14/h2-11,17,23H,1,12H2. The fourth-order valence-corrected chi connectivity index (χ4v) is 3.08. The number of nitro groups is 1. The molecule has 1 N–H and O–H groups in total. The second kappa shape index (κ2) is 7.25. The van der Waals surface area contributed by atoms with Gasteiger partial charge in [0.25, 0.3) is 17.4 Å². The summed E-state index contributed by atoms with van der Waals surface area (Å²) < 4.78 is 0. The number of carbonyl (C=O) groups excluding carboxylic acids is 2. The molecule has 0 saturated carbocycles. The van der Waals surface area contributed by atoms with Crippen molar-refractivity contribution in [3.63, 3.8) is 0 Å². The summed E-state index contributed by atoms with van der Waals surface area (Å²) in [5.74, 6) is -1.85. The Labute approximate surface area is 155 Å². The van der Waals surface area contributed by atoms with Crippen molar-refractivity contribution in [1.82, 2.24) is 4.90 Å². The zero-order chi connectivity index (χ0) is 19.6. The van der Waals surface area contributed by atoms with E-state index in [-0.39, 0.29) is 23.6 Å². The number of rotatable bonds is 5. The highest BCUT2D eigenvalue weighted by molar-refractivity contribution is 6.46. The van der Waals surface area contributed by atoms with Gasteiger partial charge in [0, 0.05) is 24.2 Å². The Morgan fingerprint density at radius 2 is 1.78 bits per heavy atom. The lowest BCUT2D eigenvalue weighted by molar-refractivity contribution is -0.384. The Kier molecular flexibility index (Phi) is 4.85. The van der Waals surface area contributed by atoms with Gasteiger partial charge in [0.1, 0.15) is 5.76 Å². The van der Waals surface area contributed by atoms with E-state index in [1.807, 2.05) is 0 Å². The van der Waals surface area contributed by atoms with E-state index in [1.165, 1.54) is 35.2 Å². The number of ketones is 1. The lowest BCUT2D eigenvalue weighted by Gasteiger charge is -2.24. The topological polar surface area (TPSA) is 101 Å². The number of hydrogen-bond donors (Lipinski definition) is 1. The second-order valence-corrected chi connectivity index (χ2v) is 5.95. The molecule has 0 aromatic heterocycles. The first-order valence-electron chi connectivity index (χ1n) is 8.14. The summed E-state index contributed by atoms with van der Waals surface area (Å²) >= 11 is 0. The van der Waals surface area contributed by atoms with Gasteiger partial charge < -0.3 is 10.0 Å². The van der Waals surface area contributed by atoms with Crippen molar-refractivity contribution >= 4 is 23.1 Å².